The molecule has 0 radical (unpaired) electrons. The van der Waals surface area contributed by atoms with Gasteiger partial charge >= 0.3 is 0 Å². The zero-order valence-corrected chi connectivity index (χ0v) is 15.2. The number of thiazole rings is 1. The van der Waals surface area contributed by atoms with Crippen LogP contribution in [0.1, 0.15) is 5.69 Å². The highest BCUT2D eigenvalue weighted by Gasteiger charge is 2.25. The molecule has 2 aromatic heterocycles. The number of rotatable bonds is 6. The molecule has 25 heavy (non-hydrogen) atoms. The van der Waals surface area contributed by atoms with Gasteiger partial charge in [-0.25, -0.2) is 4.98 Å². The molecule has 0 fully saturated rings. The normalized spacial score (nSPS) is 11.6. The van der Waals surface area contributed by atoms with E-state index in [4.69, 9.17) is 15.2 Å². The molecule has 2 heterocycles. The lowest BCUT2D eigenvalue weighted by Gasteiger charge is -2.10. The molecule has 0 saturated heterocycles. The van der Waals surface area contributed by atoms with Crippen LogP contribution in [0.4, 0.5) is 5.13 Å². The zero-order valence-electron chi connectivity index (χ0n) is 13.5. The Morgan fingerprint density at radius 1 is 1.24 bits per heavy atom. The highest BCUT2D eigenvalue weighted by Crippen LogP contribution is 2.29. The summed E-state index contributed by atoms with van der Waals surface area (Å²) < 4.78 is 37.1. The molecule has 0 aliphatic heterocycles. The summed E-state index contributed by atoms with van der Waals surface area (Å²) in [5, 5.41) is 6.19. The first-order chi connectivity index (χ1) is 12.0. The van der Waals surface area contributed by atoms with E-state index in [1.165, 1.54) is 43.9 Å². The first-order valence-corrected chi connectivity index (χ1v) is 9.46. The van der Waals surface area contributed by atoms with Crippen molar-refractivity contribution in [3.63, 3.8) is 0 Å². The Hall–Kier alpha value is -2.43. The molecule has 0 amide bonds. The molecular weight excluding hydrogens is 364 g/mol. The highest BCUT2D eigenvalue weighted by atomic mass is 32.2. The van der Waals surface area contributed by atoms with E-state index in [1.807, 2.05) is 0 Å². The number of hydrogen-bond donors (Lipinski definition) is 1. The predicted molar refractivity (Wildman–Crippen MR) is 94.0 cm³/mol. The van der Waals surface area contributed by atoms with Gasteiger partial charge in [0.1, 0.15) is 5.75 Å². The van der Waals surface area contributed by atoms with Crippen LogP contribution in [0.15, 0.2) is 40.7 Å². The zero-order chi connectivity index (χ0) is 18.0. The maximum absolute atomic E-state index is 12.9. The summed E-state index contributed by atoms with van der Waals surface area (Å²) in [5.74, 6) is 0.565. The smallest absolute Gasteiger partial charge is 0.283 e. The monoisotopic (exact) mass is 380 g/mol. The van der Waals surface area contributed by atoms with Gasteiger partial charge in [0, 0.05) is 18.1 Å². The molecule has 2 N–H and O–H groups in total. The third kappa shape index (κ3) is 3.23. The molecule has 8 nitrogen and oxygen atoms in total. The Morgan fingerprint density at radius 3 is 2.52 bits per heavy atom. The summed E-state index contributed by atoms with van der Waals surface area (Å²) in [5.41, 5.74) is 7.17. The fraction of sp³-hybridized carbons (Fsp3) is 0.200. The lowest BCUT2D eigenvalue weighted by atomic mass is 10.2. The van der Waals surface area contributed by atoms with Gasteiger partial charge in [-0.15, -0.1) is 11.3 Å². The van der Waals surface area contributed by atoms with Gasteiger partial charge in [0.15, 0.2) is 5.13 Å². The number of nitrogens with two attached hydrogens (primary N) is 1. The van der Waals surface area contributed by atoms with Gasteiger partial charge in [-0.1, -0.05) is 0 Å². The van der Waals surface area contributed by atoms with Crippen LogP contribution in [0, 0.1) is 0 Å². The third-order valence-corrected chi connectivity index (χ3v) is 5.81. The van der Waals surface area contributed by atoms with E-state index in [2.05, 4.69) is 10.1 Å². The summed E-state index contributed by atoms with van der Waals surface area (Å²) in [6, 6.07) is 6.09. The van der Waals surface area contributed by atoms with Crippen molar-refractivity contribution in [2.24, 2.45) is 0 Å². The van der Waals surface area contributed by atoms with E-state index < -0.39 is 10.0 Å². The average Bonchev–Trinajstić information content (AvgIpc) is 3.22. The lowest BCUT2D eigenvalue weighted by Crippen LogP contribution is -2.18. The van der Waals surface area contributed by atoms with Crippen LogP contribution in [0.25, 0.3) is 11.3 Å². The van der Waals surface area contributed by atoms with E-state index in [9.17, 15) is 8.42 Å². The first kappa shape index (κ1) is 17.4. The maximum atomic E-state index is 12.9. The molecule has 132 valence electrons. The summed E-state index contributed by atoms with van der Waals surface area (Å²) in [6.07, 6.45) is 1.45. The standard InChI is InChI=1S/C15H16N4O4S2/c1-22-8-14-12(13-9-24-15(16)18-13)7-17-19(14)25(20,21)11-5-3-10(23-2)4-6-11/h3-7,9H,8H2,1-2H3,(H2,16,18). The van der Waals surface area contributed by atoms with Crippen LogP contribution < -0.4 is 10.5 Å². The number of anilines is 1. The Kier molecular flexibility index (Phi) is 4.75. The molecular formula is C15H16N4O4S2. The largest absolute Gasteiger partial charge is 0.497 e. The van der Waals surface area contributed by atoms with Crippen LogP contribution in [-0.2, 0) is 21.4 Å². The fourth-order valence-electron chi connectivity index (χ4n) is 2.31. The molecule has 0 aliphatic rings. The number of hydrogen-bond acceptors (Lipinski definition) is 8. The van der Waals surface area contributed by atoms with Crippen LogP contribution >= 0.6 is 11.3 Å². The van der Waals surface area contributed by atoms with Crippen LogP contribution in [0.3, 0.4) is 0 Å². The van der Waals surface area contributed by atoms with Gasteiger partial charge in [-0.3, -0.25) is 0 Å². The second-order valence-corrected chi connectivity index (χ2v) is 7.69. The average molecular weight is 380 g/mol. The van der Waals surface area contributed by atoms with Gasteiger partial charge < -0.3 is 15.2 Å². The molecule has 0 aliphatic carbocycles. The molecule has 0 unspecified atom stereocenters. The van der Waals surface area contributed by atoms with Crippen molar-refractivity contribution in [2.75, 3.05) is 20.0 Å². The maximum Gasteiger partial charge on any atom is 0.283 e. The summed E-state index contributed by atoms with van der Waals surface area (Å²) in [6.45, 7) is 0.0577. The van der Waals surface area contributed by atoms with Crippen LogP contribution in [0.2, 0.25) is 0 Å². The van der Waals surface area contributed by atoms with Crippen molar-refractivity contribution in [3.05, 3.63) is 41.5 Å². The lowest BCUT2D eigenvalue weighted by molar-refractivity contribution is 0.180. The Bertz CT molecular complexity index is 977. The SMILES string of the molecule is COCc1c(-c2csc(N)n2)cnn1S(=O)(=O)c1ccc(OC)cc1. The second kappa shape index (κ2) is 6.82. The van der Waals surface area contributed by atoms with E-state index in [-0.39, 0.29) is 11.5 Å². The molecule has 0 atom stereocenters. The summed E-state index contributed by atoms with van der Waals surface area (Å²) in [7, 11) is -0.887. The van der Waals surface area contributed by atoms with Crippen LogP contribution in [0.5, 0.6) is 5.75 Å². The summed E-state index contributed by atoms with van der Waals surface area (Å²) in [4.78, 5) is 4.29. The van der Waals surface area contributed by atoms with E-state index in [0.29, 0.717) is 27.8 Å². The molecule has 3 aromatic rings. The van der Waals surface area contributed by atoms with Crippen molar-refractivity contribution in [1.82, 2.24) is 14.2 Å². The van der Waals surface area contributed by atoms with Crippen molar-refractivity contribution in [2.45, 2.75) is 11.5 Å². The van der Waals surface area contributed by atoms with Gasteiger partial charge in [0.25, 0.3) is 10.0 Å². The minimum absolute atomic E-state index is 0.0577. The number of ether oxygens (including phenoxy) is 2. The summed E-state index contributed by atoms with van der Waals surface area (Å²) >= 11 is 1.27. The van der Waals surface area contributed by atoms with E-state index >= 15 is 0 Å². The van der Waals surface area contributed by atoms with Gasteiger partial charge in [0.05, 0.1) is 36.2 Å². The number of methoxy groups -OCH3 is 2. The molecule has 1 aromatic carbocycles. The number of nitrogen functional groups attached to an aromatic ring is 1. The Balaban J connectivity index is 2.10. The van der Waals surface area contributed by atoms with Crippen molar-refractivity contribution in [1.29, 1.82) is 0 Å². The first-order valence-electron chi connectivity index (χ1n) is 7.14. The van der Waals surface area contributed by atoms with Crippen molar-refractivity contribution >= 4 is 26.5 Å². The van der Waals surface area contributed by atoms with Crippen molar-refractivity contribution < 1.29 is 17.9 Å². The molecule has 10 heteroatoms. The minimum Gasteiger partial charge on any atom is -0.497 e. The number of aromatic nitrogens is 3. The molecule has 0 saturated carbocycles. The number of benzene rings is 1. The molecule has 3 rings (SSSR count). The van der Waals surface area contributed by atoms with Crippen LogP contribution in [-0.4, -0.2) is 36.8 Å². The second-order valence-electron chi connectivity index (χ2n) is 5.03. The highest BCUT2D eigenvalue weighted by molar-refractivity contribution is 7.89. The van der Waals surface area contributed by atoms with Gasteiger partial charge in [0.2, 0.25) is 0 Å². The fourth-order valence-corrected chi connectivity index (χ4v) is 4.16. The van der Waals surface area contributed by atoms with Gasteiger partial charge in [-0.2, -0.15) is 17.6 Å². The Morgan fingerprint density at radius 2 is 1.96 bits per heavy atom. The molecule has 0 spiro atoms. The predicted octanol–water partition coefficient (Wildman–Crippen LogP) is 1.98. The quantitative estimate of drug-likeness (QED) is 0.696. The minimum atomic E-state index is -3.88. The topological polar surface area (TPSA) is 109 Å². The van der Waals surface area contributed by atoms with E-state index in [0.717, 1.165) is 4.09 Å². The Labute approximate surface area is 148 Å². The van der Waals surface area contributed by atoms with E-state index in [1.54, 1.807) is 17.5 Å². The van der Waals surface area contributed by atoms with Gasteiger partial charge in [-0.05, 0) is 24.3 Å². The van der Waals surface area contributed by atoms with Crippen molar-refractivity contribution in [3.8, 4) is 17.0 Å². The molecule has 0 bridgehead atoms. The number of nitrogens with zero attached hydrogens (tertiary/aromatic N) is 3. The third-order valence-electron chi connectivity index (χ3n) is 3.50.